The fraction of sp³-hybridized carbons (Fsp3) is 0.278. The zero-order valence-electron chi connectivity index (χ0n) is 13.2. The number of rotatable bonds is 3. The summed E-state index contributed by atoms with van der Waals surface area (Å²) in [5.74, 6) is 1.32. The summed E-state index contributed by atoms with van der Waals surface area (Å²) in [5.41, 5.74) is 3.04. The smallest absolute Gasteiger partial charge is 0.243 e. The zero-order valence-corrected chi connectivity index (χ0v) is 13.2. The predicted molar refractivity (Wildman–Crippen MR) is 91.6 cm³/mol. The quantitative estimate of drug-likeness (QED) is 0.903. The molecule has 0 fully saturated rings. The lowest BCUT2D eigenvalue weighted by atomic mass is 10.1. The van der Waals surface area contributed by atoms with Gasteiger partial charge in [0.25, 0.3) is 0 Å². The second kappa shape index (κ2) is 6.41. The Morgan fingerprint density at radius 1 is 1.17 bits per heavy atom. The average Bonchev–Trinajstić information content (AvgIpc) is 2.96. The largest absolute Gasteiger partial charge is 0.454 e. The van der Waals surface area contributed by atoms with Crippen LogP contribution in [0, 0.1) is 0 Å². The molecule has 6 heteroatoms. The number of carbonyl (C=O) groups is 1. The zero-order chi connectivity index (χ0) is 16.4. The number of benzene rings is 2. The van der Waals surface area contributed by atoms with Gasteiger partial charge in [0.05, 0.1) is 6.54 Å². The Kier molecular flexibility index (Phi) is 3.96. The van der Waals surface area contributed by atoms with Gasteiger partial charge in [0.1, 0.15) is 0 Å². The Balaban J connectivity index is 1.46. The van der Waals surface area contributed by atoms with Crippen LogP contribution < -0.4 is 25.0 Å². The highest BCUT2D eigenvalue weighted by atomic mass is 16.7. The van der Waals surface area contributed by atoms with Crippen molar-refractivity contribution in [1.29, 1.82) is 0 Å². The SMILES string of the molecule is O=C(CN1CCNCc2ccccc21)Nc1ccc2c(c1)OCO2. The van der Waals surface area contributed by atoms with E-state index < -0.39 is 0 Å². The molecular weight excluding hydrogens is 306 g/mol. The topological polar surface area (TPSA) is 62.8 Å². The molecule has 2 N–H and O–H groups in total. The van der Waals surface area contributed by atoms with Crippen molar-refractivity contribution in [3.63, 3.8) is 0 Å². The van der Waals surface area contributed by atoms with Gasteiger partial charge < -0.3 is 25.0 Å². The van der Waals surface area contributed by atoms with Crippen molar-refractivity contribution in [3.05, 3.63) is 48.0 Å². The molecule has 0 bridgehead atoms. The molecule has 2 aliphatic rings. The molecule has 0 radical (unpaired) electrons. The molecule has 0 atom stereocenters. The Morgan fingerprint density at radius 2 is 2.04 bits per heavy atom. The van der Waals surface area contributed by atoms with Crippen LogP contribution in [-0.4, -0.2) is 32.3 Å². The number of hydrogen-bond acceptors (Lipinski definition) is 5. The summed E-state index contributed by atoms with van der Waals surface area (Å²) in [6.07, 6.45) is 0. The molecule has 24 heavy (non-hydrogen) atoms. The van der Waals surface area contributed by atoms with Gasteiger partial charge in [-0.1, -0.05) is 18.2 Å². The van der Waals surface area contributed by atoms with E-state index in [2.05, 4.69) is 27.7 Å². The molecule has 0 aliphatic carbocycles. The first-order chi connectivity index (χ1) is 11.8. The number of fused-ring (bicyclic) bond motifs is 2. The van der Waals surface area contributed by atoms with Gasteiger partial charge >= 0.3 is 0 Å². The third-order valence-corrected chi connectivity index (χ3v) is 4.20. The molecule has 2 aromatic rings. The van der Waals surface area contributed by atoms with Crippen molar-refractivity contribution >= 4 is 17.3 Å². The van der Waals surface area contributed by atoms with E-state index in [0.29, 0.717) is 23.7 Å². The number of para-hydroxylation sites is 1. The van der Waals surface area contributed by atoms with Crippen LogP contribution in [0.15, 0.2) is 42.5 Å². The second-order valence-electron chi connectivity index (χ2n) is 5.84. The Morgan fingerprint density at radius 3 is 3.00 bits per heavy atom. The van der Waals surface area contributed by atoms with Crippen LogP contribution in [0.5, 0.6) is 11.5 Å². The lowest BCUT2D eigenvalue weighted by Gasteiger charge is -2.23. The molecule has 2 aromatic carbocycles. The van der Waals surface area contributed by atoms with Crippen LogP contribution >= 0.6 is 0 Å². The molecule has 2 aliphatic heterocycles. The normalized spacial score (nSPS) is 15.6. The minimum atomic E-state index is -0.0504. The summed E-state index contributed by atoms with van der Waals surface area (Å²) in [7, 11) is 0. The number of hydrogen-bond donors (Lipinski definition) is 2. The van der Waals surface area contributed by atoms with Crippen LogP contribution in [0.25, 0.3) is 0 Å². The summed E-state index contributed by atoms with van der Waals surface area (Å²) < 4.78 is 10.6. The Bertz CT molecular complexity index is 763. The number of anilines is 2. The van der Waals surface area contributed by atoms with Gasteiger partial charge in [0.15, 0.2) is 11.5 Å². The molecule has 0 saturated heterocycles. The average molecular weight is 325 g/mol. The Labute approximate surface area is 140 Å². The maximum Gasteiger partial charge on any atom is 0.243 e. The fourth-order valence-electron chi connectivity index (χ4n) is 3.04. The molecule has 1 amide bonds. The first-order valence-electron chi connectivity index (χ1n) is 8.03. The summed E-state index contributed by atoms with van der Waals surface area (Å²) >= 11 is 0. The molecule has 6 nitrogen and oxygen atoms in total. The first-order valence-corrected chi connectivity index (χ1v) is 8.03. The molecule has 2 heterocycles. The highest BCUT2D eigenvalue weighted by molar-refractivity contribution is 5.94. The standard InChI is InChI=1S/C18H19N3O3/c22-18(20-14-5-6-16-17(9-14)24-12-23-16)11-21-8-7-19-10-13-3-1-2-4-15(13)21/h1-6,9,19H,7-8,10-12H2,(H,20,22). The van der Waals surface area contributed by atoms with Gasteiger partial charge in [0, 0.05) is 37.1 Å². The summed E-state index contributed by atoms with van der Waals surface area (Å²) in [4.78, 5) is 14.6. The van der Waals surface area contributed by atoms with Crippen molar-refractivity contribution in [2.75, 3.05) is 36.6 Å². The van der Waals surface area contributed by atoms with Gasteiger partial charge in [-0.3, -0.25) is 4.79 Å². The van der Waals surface area contributed by atoms with E-state index in [4.69, 9.17) is 9.47 Å². The second-order valence-corrected chi connectivity index (χ2v) is 5.84. The number of amides is 1. The highest BCUT2D eigenvalue weighted by Gasteiger charge is 2.18. The Hall–Kier alpha value is -2.73. The molecular formula is C18H19N3O3. The third kappa shape index (κ3) is 3.00. The van der Waals surface area contributed by atoms with Gasteiger partial charge in [0.2, 0.25) is 12.7 Å². The van der Waals surface area contributed by atoms with Crippen molar-refractivity contribution in [1.82, 2.24) is 5.32 Å². The number of nitrogens with zero attached hydrogens (tertiary/aromatic N) is 1. The molecule has 4 rings (SSSR count). The lowest BCUT2D eigenvalue weighted by Crippen LogP contribution is -2.36. The first kappa shape index (κ1) is 14.8. The van der Waals surface area contributed by atoms with Crippen molar-refractivity contribution in [2.45, 2.75) is 6.54 Å². The number of carbonyl (C=O) groups excluding carboxylic acids is 1. The summed E-state index contributed by atoms with van der Waals surface area (Å²) in [6.45, 7) is 3.02. The van der Waals surface area contributed by atoms with Gasteiger partial charge in [-0.2, -0.15) is 0 Å². The van der Waals surface area contributed by atoms with Gasteiger partial charge in [-0.15, -0.1) is 0 Å². The predicted octanol–water partition coefficient (Wildman–Crippen LogP) is 1.96. The van der Waals surface area contributed by atoms with E-state index in [9.17, 15) is 4.79 Å². The number of nitrogens with one attached hydrogen (secondary N) is 2. The lowest BCUT2D eigenvalue weighted by molar-refractivity contribution is -0.115. The molecule has 124 valence electrons. The van der Waals surface area contributed by atoms with E-state index in [1.54, 1.807) is 6.07 Å². The van der Waals surface area contributed by atoms with Crippen molar-refractivity contribution < 1.29 is 14.3 Å². The van der Waals surface area contributed by atoms with E-state index in [1.807, 2.05) is 24.3 Å². The molecule has 0 saturated carbocycles. The van der Waals surface area contributed by atoms with Crippen molar-refractivity contribution in [3.8, 4) is 11.5 Å². The van der Waals surface area contributed by atoms with Gasteiger partial charge in [-0.25, -0.2) is 0 Å². The van der Waals surface area contributed by atoms with Crippen molar-refractivity contribution in [2.24, 2.45) is 0 Å². The highest BCUT2D eigenvalue weighted by Crippen LogP contribution is 2.34. The van der Waals surface area contributed by atoms with Crippen LogP contribution in [-0.2, 0) is 11.3 Å². The van der Waals surface area contributed by atoms with Crippen LogP contribution in [0.2, 0.25) is 0 Å². The summed E-state index contributed by atoms with van der Waals surface area (Å²) in [5, 5.41) is 6.31. The van der Waals surface area contributed by atoms with E-state index >= 15 is 0 Å². The van der Waals surface area contributed by atoms with Crippen LogP contribution in [0.4, 0.5) is 11.4 Å². The summed E-state index contributed by atoms with van der Waals surface area (Å²) in [6, 6.07) is 13.6. The maximum absolute atomic E-state index is 12.5. The van der Waals surface area contributed by atoms with E-state index in [-0.39, 0.29) is 12.7 Å². The minimum absolute atomic E-state index is 0.0504. The van der Waals surface area contributed by atoms with Crippen LogP contribution in [0.1, 0.15) is 5.56 Å². The third-order valence-electron chi connectivity index (χ3n) is 4.20. The van der Waals surface area contributed by atoms with Crippen LogP contribution in [0.3, 0.4) is 0 Å². The monoisotopic (exact) mass is 325 g/mol. The fourth-order valence-corrected chi connectivity index (χ4v) is 3.04. The van der Waals surface area contributed by atoms with Gasteiger partial charge in [-0.05, 0) is 23.8 Å². The van der Waals surface area contributed by atoms with E-state index in [1.165, 1.54) is 5.56 Å². The number of ether oxygens (including phenoxy) is 2. The molecule has 0 spiro atoms. The molecule has 0 aromatic heterocycles. The minimum Gasteiger partial charge on any atom is -0.454 e. The maximum atomic E-state index is 12.5. The van der Waals surface area contributed by atoms with E-state index in [0.717, 1.165) is 25.3 Å². The molecule has 0 unspecified atom stereocenters.